The summed E-state index contributed by atoms with van der Waals surface area (Å²) in [4.78, 5) is 48.6. The monoisotopic (exact) mass is 676 g/mol. The van der Waals surface area contributed by atoms with Gasteiger partial charge in [-0.25, -0.2) is 4.79 Å². The molecule has 4 aliphatic carbocycles. The van der Waals surface area contributed by atoms with Crippen LogP contribution < -0.4 is 0 Å². The van der Waals surface area contributed by atoms with Crippen molar-refractivity contribution >= 4 is 23.9 Å². The summed E-state index contributed by atoms with van der Waals surface area (Å²) in [5, 5.41) is 12.7. The van der Waals surface area contributed by atoms with Crippen molar-refractivity contribution in [3.63, 3.8) is 0 Å². The van der Waals surface area contributed by atoms with E-state index < -0.39 is 53.7 Å². The number of methoxy groups -OCH3 is 1. The van der Waals surface area contributed by atoms with Crippen LogP contribution in [-0.2, 0) is 52.3 Å². The lowest BCUT2D eigenvalue weighted by Gasteiger charge is -2.65. The number of rotatable bonds is 7. The molecule has 12 nitrogen and oxygen atoms in total. The molecule has 0 radical (unpaired) electrons. The topological polar surface area (TPSA) is 153 Å². The summed E-state index contributed by atoms with van der Waals surface area (Å²) in [5.41, 5.74) is -0.837. The van der Waals surface area contributed by atoms with Gasteiger partial charge in [0.2, 0.25) is 0 Å². The second kappa shape index (κ2) is 13.0. The fourth-order valence-corrected chi connectivity index (χ4v) is 11.1. The van der Waals surface area contributed by atoms with E-state index in [1.807, 2.05) is 0 Å². The molecule has 0 aromatic heterocycles. The van der Waals surface area contributed by atoms with Crippen LogP contribution in [0.25, 0.3) is 0 Å². The van der Waals surface area contributed by atoms with Crippen molar-refractivity contribution in [3.05, 3.63) is 11.6 Å². The van der Waals surface area contributed by atoms with Gasteiger partial charge in [0.1, 0.15) is 18.8 Å². The average Bonchev–Trinajstić information content (AvgIpc) is 3.54. The Morgan fingerprint density at radius 1 is 0.917 bits per heavy atom. The molecule has 0 aromatic carbocycles. The molecule has 2 heterocycles. The third-order valence-corrected chi connectivity index (χ3v) is 13.1. The number of aliphatic hydroxyl groups is 1. The maximum atomic E-state index is 12.7. The zero-order chi connectivity index (χ0) is 34.8. The second-order valence-electron chi connectivity index (χ2n) is 15.6. The third-order valence-electron chi connectivity index (χ3n) is 13.1. The van der Waals surface area contributed by atoms with Crippen LogP contribution in [0, 0.1) is 34.5 Å². The van der Waals surface area contributed by atoms with E-state index in [9.17, 15) is 24.3 Å². The van der Waals surface area contributed by atoms with Gasteiger partial charge in [-0.15, -0.1) is 0 Å². The molecule has 12 heteroatoms. The third kappa shape index (κ3) is 5.88. The Morgan fingerprint density at radius 3 is 2.23 bits per heavy atom. The van der Waals surface area contributed by atoms with E-state index in [1.54, 1.807) is 13.0 Å². The zero-order valence-corrected chi connectivity index (χ0v) is 29.2. The van der Waals surface area contributed by atoms with Gasteiger partial charge in [0.25, 0.3) is 0 Å². The molecule has 268 valence electrons. The minimum Gasteiger partial charge on any atom is -0.462 e. The second-order valence-corrected chi connectivity index (χ2v) is 15.6. The Bertz CT molecular complexity index is 1330. The molecule has 0 bridgehead atoms. The van der Waals surface area contributed by atoms with Crippen LogP contribution >= 0.6 is 0 Å². The Morgan fingerprint density at radius 2 is 1.60 bits per heavy atom. The van der Waals surface area contributed by atoms with Gasteiger partial charge in [-0.1, -0.05) is 13.8 Å². The Balaban J connectivity index is 1.23. The largest absolute Gasteiger partial charge is 0.462 e. The predicted octanol–water partition coefficient (Wildman–Crippen LogP) is 3.79. The summed E-state index contributed by atoms with van der Waals surface area (Å²) >= 11 is 0. The minimum absolute atomic E-state index is 0.0259. The highest BCUT2D eigenvalue weighted by molar-refractivity contribution is 5.85. The van der Waals surface area contributed by atoms with Crippen LogP contribution in [0.15, 0.2) is 11.6 Å². The van der Waals surface area contributed by atoms with Crippen molar-refractivity contribution in [1.82, 2.24) is 0 Å². The molecule has 0 aromatic rings. The molecule has 48 heavy (non-hydrogen) atoms. The van der Waals surface area contributed by atoms with Crippen LogP contribution in [0.5, 0.6) is 0 Å². The number of hydrogen-bond donors (Lipinski definition) is 1. The lowest BCUT2D eigenvalue weighted by Crippen LogP contribution is -2.67. The Kier molecular flexibility index (Phi) is 9.54. The molecule has 0 amide bonds. The van der Waals surface area contributed by atoms with Gasteiger partial charge >= 0.3 is 23.9 Å². The first-order chi connectivity index (χ1) is 22.6. The molecule has 5 fully saturated rings. The smallest absolute Gasteiger partial charge is 0.331 e. The zero-order valence-electron chi connectivity index (χ0n) is 29.2. The summed E-state index contributed by atoms with van der Waals surface area (Å²) in [6.07, 6.45) is 2.78. The molecule has 14 atom stereocenters. The van der Waals surface area contributed by atoms with Crippen LogP contribution in [0.3, 0.4) is 0 Å². The fourth-order valence-electron chi connectivity index (χ4n) is 11.1. The minimum atomic E-state index is -0.968. The standard InChI is InChI=1S/C36H52O12/c1-18-30(46-20(3)38)31(42-7)32(47-21(4)39)33(44-18)48-24-10-12-34(5)23(15-24)8-9-26-29(34)27(45-19(2)37)16-35(6)25(11-13-36(26,35)41)22-14-28(40)43-17-22/h14,18,23-27,29-33,41H,8-13,15-17H2,1-7H3/t18?,23?,24?,25?,26?,27-,29?,30+,31?,32-,33?,34?,35?,36?/m1/s1. The summed E-state index contributed by atoms with van der Waals surface area (Å²) < 4.78 is 41.1. The first-order valence-corrected chi connectivity index (χ1v) is 17.6. The van der Waals surface area contributed by atoms with Gasteiger partial charge in [0.15, 0.2) is 18.5 Å². The molecule has 1 N–H and O–H groups in total. The summed E-state index contributed by atoms with van der Waals surface area (Å²) in [6, 6.07) is 0. The highest BCUT2D eigenvalue weighted by Crippen LogP contribution is 2.70. The van der Waals surface area contributed by atoms with Crippen molar-refractivity contribution in [2.45, 2.75) is 141 Å². The van der Waals surface area contributed by atoms with Crippen molar-refractivity contribution in [2.75, 3.05) is 13.7 Å². The SMILES string of the molecule is COC1[C@@H](OC(C)=O)C(C)OC(OC2CCC3(C)C(CCC4C3[C@H](OC(C)=O)CC3(C)C(C5=CC(=O)OC5)CCC43O)C2)[C@@H]1OC(C)=O. The van der Waals surface area contributed by atoms with Crippen LogP contribution in [-0.4, -0.2) is 91.2 Å². The van der Waals surface area contributed by atoms with E-state index in [2.05, 4.69) is 13.8 Å². The fraction of sp³-hybridized carbons (Fsp3) is 0.833. The van der Waals surface area contributed by atoms with Crippen LogP contribution in [0.2, 0.25) is 0 Å². The van der Waals surface area contributed by atoms with E-state index in [-0.39, 0.29) is 59.8 Å². The summed E-state index contributed by atoms with van der Waals surface area (Å²) in [6.45, 7) is 10.5. The molecule has 1 saturated heterocycles. The number of cyclic esters (lactones) is 1. The van der Waals surface area contributed by atoms with E-state index in [0.717, 1.165) is 37.7 Å². The molecular weight excluding hydrogens is 624 g/mol. The lowest BCUT2D eigenvalue weighted by atomic mass is 9.42. The average molecular weight is 677 g/mol. The van der Waals surface area contributed by atoms with Gasteiger partial charge in [-0.2, -0.15) is 0 Å². The quantitative estimate of drug-likeness (QED) is 0.237. The number of ether oxygens (including phenoxy) is 7. The molecule has 11 unspecified atom stereocenters. The predicted molar refractivity (Wildman–Crippen MR) is 168 cm³/mol. The highest BCUT2D eigenvalue weighted by atomic mass is 16.7. The number of carbonyl (C=O) groups excluding carboxylic acids is 4. The van der Waals surface area contributed by atoms with Gasteiger partial charge in [-0.05, 0) is 87.0 Å². The Labute approximate surface area is 282 Å². The molecule has 6 aliphatic rings. The Hall–Kier alpha value is -2.54. The number of fused-ring (bicyclic) bond motifs is 5. The molecule has 2 aliphatic heterocycles. The van der Waals surface area contributed by atoms with Gasteiger partial charge in [-0.3, -0.25) is 14.4 Å². The van der Waals surface area contributed by atoms with E-state index in [4.69, 9.17) is 33.2 Å². The van der Waals surface area contributed by atoms with Gasteiger partial charge in [0, 0.05) is 45.3 Å². The maximum Gasteiger partial charge on any atom is 0.331 e. The van der Waals surface area contributed by atoms with E-state index in [1.165, 1.54) is 27.9 Å². The van der Waals surface area contributed by atoms with E-state index >= 15 is 0 Å². The number of carbonyl (C=O) groups is 4. The van der Waals surface area contributed by atoms with Crippen molar-refractivity contribution < 1.29 is 57.4 Å². The maximum absolute atomic E-state index is 12.7. The normalized spacial score (nSPS) is 46.7. The number of esters is 4. The highest BCUT2D eigenvalue weighted by Gasteiger charge is 2.71. The summed E-state index contributed by atoms with van der Waals surface area (Å²) in [7, 11) is 1.48. The van der Waals surface area contributed by atoms with Crippen molar-refractivity contribution in [2.24, 2.45) is 34.5 Å². The molecule has 4 saturated carbocycles. The first-order valence-electron chi connectivity index (χ1n) is 17.6. The molecule has 6 rings (SSSR count). The molecule has 0 spiro atoms. The number of hydrogen-bond acceptors (Lipinski definition) is 12. The molecular formula is C36H52O12. The van der Waals surface area contributed by atoms with Gasteiger partial charge in [0.05, 0.1) is 17.8 Å². The van der Waals surface area contributed by atoms with Crippen molar-refractivity contribution in [1.29, 1.82) is 0 Å². The van der Waals surface area contributed by atoms with Crippen LogP contribution in [0.1, 0.15) is 92.9 Å². The van der Waals surface area contributed by atoms with Crippen LogP contribution in [0.4, 0.5) is 0 Å². The first kappa shape index (κ1) is 35.3. The van der Waals surface area contributed by atoms with Gasteiger partial charge < -0.3 is 38.3 Å². The van der Waals surface area contributed by atoms with E-state index in [0.29, 0.717) is 19.3 Å². The van der Waals surface area contributed by atoms with Crippen molar-refractivity contribution in [3.8, 4) is 0 Å². The lowest BCUT2D eigenvalue weighted by molar-refractivity contribution is -0.318. The summed E-state index contributed by atoms with van der Waals surface area (Å²) in [5.74, 6) is -1.60.